The molecule has 0 aliphatic rings. The SMILES string of the molecule is C=CC.CNC(=O)OCCNc1ccc(C)cc1. The average Bonchev–Trinajstić information content (AvgIpc) is 2.37. The number of amides is 1. The fraction of sp³-hybridized carbons (Fsp3) is 0.357. The Morgan fingerprint density at radius 2 is 1.94 bits per heavy atom. The molecule has 0 aliphatic carbocycles. The van der Waals surface area contributed by atoms with Crippen molar-refractivity contribution in [2.24, 2.45) is 0 Å². The van der Waals surface area contributed by atoms with Crippen molar-refractivity contribution in [3.05, 3.63) is 42.5 Å². The molecule has 0 heterocycles. The molecule has 0 spiro atoms. The molecule has 0 radical (unpaired) electrons. The van der Waals surface area contributed by atoms with Crippen molar-refractivity contribution in [1.82, 2.24) is 5.32 Å². The number of hydrogen-bond donors (Lipinski definition) is 2. The molecule has 4 nitrogen and oxygen atoms in total. The zero-order chi connectivity index (χ0) is 13.8. The normalized spacial score (nSPS) is 8.61. The zero-order valence-electron chi connectivity index (χ0n) is 11.3. The third-order valence-electron chi connectivity index (χ3n) is 1.92. The topological polar surface area (TPSA) is 50.4 Å². The molecule has 1 aromatic rings. The molecule has 0 unspecified atom stereocenters. The smallest absolute Gasteiger partial charge is 0.406 e. The molecular weight excluding hydrogens is 228 g/mol. The van der Waals surface area contributed by atoms with Gasteiger partial charge >= 0.3 is 6.09 Å². The number of aryl methyl sites for hydroxylation is 1. The molecule has 1 rings (SSSR count). The maximum atomic E-state index is 10.7. The molecule has 0 aliphatic heterocycles. The van der Waals surface area contributed by atoms with E-state index in [4.69, 9.17) is 4.74 Å². The van der Waals surface area contributed by atoms with E-state index in [-0.39, 0.29) is 0 Å². The van der Waals surface area contributed by atoms with Gasteiger partial charge in [0.1, 0.15) is 6.61 Å². The Morgan fingerprint density at radius 1 is 1.39 bits per heavy atom. The first-order valence-corrected chi connectivity index (χ1v) is 5.86. The van der Waals surface area contributed by atoms with Crippen LogP contribution in [0.15, 0.2) is 36.9 Å². The minimum absolute atomic E-state index is 0.355. The number of benzene rings is 1. The molecule has 0 bridgehead atoms. The minimum atomic E-state index is -0.402. The van der Waals surface area contributed by atoms with Gasteiger partial charge in [-0.25, -0.2) is 4.79 Å². The molecule has 1 aromatic carbocycles. The van der Waals surface area contributed by atoms with Gasteiger partial charge in [-0.05, 0) is 26.0 Å². The Kier molecular flexibility index (Phi) is 9.08. The molecule has 100 valence electrons. The molecule has 0 atom stereocenters. The third-order valence-corrected chi connectivity index (χ3v) is 1.92. The van der Waals surface area contributed by atoms with Gasteiger partial charge in [0.25, 0.3) is 0 Å². The summed E-state index contributed by atoms with van der Waals surface area (Å²) < 4.78 is 4.82. The van der Waals surface area contributed by atoms with E-state index in [0.29, 0.717) is 13.2 Å². The quantitative estimate of drug-likeness (QED) is 0.638. The first-order chi connectivity index (χ1) is 8.63. The van der Waals surface area contributed by atoms with Gasteiger partial charge in [-0.1, -0.05) is 23.8 Å². The van der Waals surface area contributed by atoms with Crippen molar-refractivity contribution in [3.8, 4) is 0 Å². The summed E-state index contributed by atoms with van der Waals surface area (Å²) in [5.74, 6) is 0. The van der Waals surface area contributed by atoms with E-state index in [2.05, 4.69) is 17.2 Å². The van der Waals surface area contributed by atoms with Crippen molar-refractivity contribution in [2.75, 3.05) is 25.5 Å². The van der Waals surface area contributed by atoms with Gasteiger partial charge in [-0.15, -0.1) is 6.58 Å². The van der Waals surface area contributed by atoms with Crippen LogP contribution >= 0.6 is 0 Å². The zero-order valence-corrected chi connectivity index (χ0v) is 11.3. The summed E-state index contributed by atoms with van der Waals surface area (Å²) in [6, 6.07) is 8.05. The molecule has 0 fully saturated rings. The van der Waals surface area contributed by atoms with E-state index in [0.717, 1.165) is 5.69 Å². The van der Waals surface area contributed by atoms with Crippen molar-refractivity contribution in [2.45, 2.75) is 13.8 Å². The molecular formula is C14H22N2O2. The molecule has 2 N–H and O–H groups in total. The lowest BCUT2D eigenvalue weighted by molar-refractivity contribution is 0.153. The third kappa shape index (κ3) is 8.21. The number of alkyl carbamates (subject to hydrolysis) is 1. The largest absolute Gasteiger partial charge is 0.448 e. The number of carbonyl (C=O) groups is 1. The van der Waals surface area contributed by atoms with Gasteiger partial charge in [-0.2, -0.15) is 0 Å². The van der Waals surface area contributed by atoms with E-state index in [1.165, 1.54) is 12.6 Å². The fourth-order valence-electron chi connectivity index (χ4n) is 1.08. The first-order valence-electron chi connectivity index (χ1n) is 5.86. The van der Waals surface area contributed by atoms with E-state index in [1.54, 1.807) is 6.08 Å². The van der Waals surface area contributed by atoms with Gasteiger partial charge in [0.15, 0.2) is 0 Å². The average molecular weight is 250 g/mol. The number of allylic oxidation sites excluding steroid dienone is 1. The standard InChI is InChI=1S/C11H16N2O2.C3H6/c1-9-3-5-10(6-4-9)13-7-8-15-11(14)12-2;1-3-2/h3-6,13H,7-8H2,1-2H3,(H,12,14);3H,1H2,2H3. The van der Waals surface area contributed by atoms with Crippen LogP contribution in [0, 0.1) is 6.92 Å². The van der Waals surface area contributed by atoms with Crippen LogP contribution in [0.5, 0.6) is 0 Å². The maximum Gasteiger partial charge on any atom is 0.406 e. The number of carbonyl (C=O) groups excluding carboxylic acids is 1. The van der Waals surface area contributed by atoms with Gasteiger partial charge < -0.3 is 15.4 Å². The van der Waals surface area contributed by atoms with Gasteiger partial charge in [0.05, 0.1) is 0 Å². The van der Waals surface area contributed by atoms with Crippen LogP contribution in [-0.4, -0.2) is 26.3 Å². The Hall–Kier alpha value is -1.97. The summed E-state index contributed by atoms with van der Waals surface area (Å²) in [5.41, 5.74) is 2.25. The highest BCUT2D eigenvalue weighted by molar-refractivity contribution is 5.66. The van der Waals surface area contributed by atoms with Gasteiger partial charge in [0.2, 0.25) is 0 Å². The highest BCUT2D eigenvalue weighted by Gasteiger charge is 1.96. The van der Waals surface area contributed by atoms with E-state index < -0.39 is 6.09 Å². The lowest BCUT2D eigenvalue weighted by Gasteiger charge is -2.07. The van der Waals surface area contributed by atoms with E-state index in [9.17, 15) is 4.79 Å². The highest BCUT2D eigenvalue weighted by atomic mass is 16.5. The number of rotatable bonds is 4. The van der Waals surface area contributed by atoms with E-state index >= 15 is 0 Å². The van der Waals surface area contributed by atoms with Crippen LogP contribution in [-0.2, 0) is 4.74 Å². The Labute approximate surface area is 109 Å². The first kappa shape index (κ1) is 16.0. The summed E-state index contributed by atoms with van der Waals surface area (Å²) in [6.07, 6.45) is 1.35. The summed E-state index contributed by atoms with van der Waals surface area (Å²) >= 11 is 0. The monoisotopic (exact) mass is 250 g/mol. The number of ether oxygens (including phenoxy) is 1. The van der Waals surface area contributed by atoms with Crippen molar-refractivity contribution >= 4 is 11.8 Å². The lowest BCUT2D eigenvalue weighted by atomic mass is 10.2. The van der Waals surface area contributed by atoms with Crippen LogP contribution in [0.2, 0.25) is 0 Å². The number of nitrogens with one attached hydrogen (secondary N) is 2. The Balaban J connectivity index is 0.000000873. The molecule has 0 saturated heterocycles. The second-order valence-corrected chi connectivity index (χ2v) is 3.59. The summed E-state index contributed by atoms with van der Waals surface area (Å²) in [7, 11) is 1.54. The maximum absolute atomic E-state index is 10.7. The second kappa shape index (κ2) is 10.2. The van der Waals surface area contributed by atoms with Crippen molar-refractivity contribution in [1.29, 1.82) is 0 Å². The molecule has 18 heavy (non-hydrogen) atoms. The van der Waals surface area contributed by atoms with Crippen molar-refractivity contribution in [3.63, 3.8) is 0 Å². The number of hydrogen-bond acceptors (Lipinski definition) is 3. The Bertz CT molecular complexity index is 347. The van der Waals surface area contributed by atoms with Crippen LogP contribution in [0.1, 0.15) is 12.5 Å². The molecule has 0 aromatic heterocycles. The predicted molar refractivity (Wildman–Crippen MR) is 75.9 cm³/mol. The van der Waals surface area contributed by atoms with Crippen LogP contribution in [0.3, 0.4) is 0 Å². The predicted octanol–water partition coefficient (Wildman–Crippen LogP) is 2.96. The van der Waals surface area contributed by atoms with Crippen LogP contribution in [0.25, 0.3) is 0 Å². The van der Waals surface area contributed by atoms with Crippen molar-refractivity contribution < 1.29 is 9.53 Å². The minimum Gasteiger partial charge on any atom is -0.448 e. The summed E-state index contributed by atoms with van der Waals surface area (Å²) in [6.45, 7) is 8.25. The lowest BCUT2D eigenvalue weighted by Crippen LogP contribution is -2.22. The second-order valence-electron chi connectivity index (χ2n) is 3.59. The fourth-order valence-corrected chi connectivity index (χ4v) is 1.08. The van der Waals surface area contributed by atoms with Gasteiger partial charge in [-0.3, -0.25) is 0 Å². The molecule has 0 saturated carbocycles. The summed E-state index contributed by atoms with van der Waals surface area (Å²) in [5, 5.41) is 5.53. The van der Waals surface area contributed by atoms with Gasteiger partial charge in [0, 0.05) is 19.3 Å². The van der Waals surface area contributed by atoms with Crippen LogP contribution in [0.4, 0.5) is 10.5 Å². The molecule has 4 heteroatoms. The van der Waals surface area contributed by atoms with E-state index in [1.807, 2.05) is 38.1 Å². The highest BCUT2D eigenvalue weighted by Crippen LogP contribution is 2.07. The Morgan fingerprint density at radius 3 is 2.44 bits per heavy atom. The van der Waals surface area contributed by atoms with Crippen LogP contribution < -0.4 is 10.6 Å². The molecule has 1 amide bonds. The number of anilines is 1. The summed E-state index contributed by atoms with van der Waals surface area (Å²) in [4.78, 5) is 10.7.